The lowest BCUT2D eigenvalue weighted by Crippen LogP contribution is -1.85. The first-order chi connectivity index (χ1) is 7.63. The molecule has 0 aliphatic rings. The van der Waals surface area contributed by atoms with Gasteiger partial charge in [0.25, 0.3) is 0 Å². The zero-order valence-electron chi connectivity index (χ0n) is 9.11. The van der Waals surface area contributed by atoms with E-state index in [0.717, 1.165) is 11.8 Å². The van der Waals surface area contributed by atoms with Gasteiger partial charge in [-0.25, -0.2) is 0 Å². The second kappa shape index (κ2) is 6.09. The summed E-state index contributed by atoms with van der Waals surface area (Å²) in [7, 11) is 1.55. The van der Waals surface area contributed by atoms with E-state index in [-0.39, 0.29) is 10.9 Å². The average molecular weight is 236 g/mol. The molecule has 0 bridgehead atoms. The van der Waals surface area contributed by atoms with Gasteiger partial charge in [0, 0.05) is 6.92 Å². The van der Waals surface area contributed by atoms with E-state index in [0.29, 0.717) is 17.1 Å². The molecule has 0 aromatic heterocycles. The first-order valence-electron chi connectivity index (χ1n) is 4.62. The molecule has 0 unspecified atom stereocenters. The zero-order valence-corrected chi connectivity index (χ0v) is 9.93. The van der Waals surface area contributed by atoms with Gasteiger partial charge < -0.3 is 9.84 Å². The quantitative estimate of drug-likeness (QED) is 0.798. The van der Waals surface area contributed by atoms with Crippen molar-refractivity contribution < 1.29 is 14.6 Å². The Morgan fingerprint density at radius 2 is 2.31 bits per heavy atom. The molecule has 16 heavy (non-hydrogen) atoms. The molecular weight excluding hydrogens is 224 g/mol. The second-order valence-corrected chi connectivity index (χ2v) is 4.12. The van der Waals surface area contributed by atoms with Crippen LogP contribution >= 0.6 is 11.8 Å². The highest BCUT2D eigenvalue weighted by Crippen LogP contribution is 2.21. The van der Waals surface area contributed by atoms with Gasteiger partial charge in [-0.05, 0) is 18.2 Å². The Bertz CT molecular complexity index is 443. The maximum atomic E-state index is 10.6. The zero-order chi connectivity index (χ0) is 12.0. The Balaban J connectivity index is 2.75. The van der Waals surface area contributed by atoms with E-state index in [1.165, 1.54) is 13.0 Å². The maximum Gasteiger partial charge on any atom is 0.186 e. The third kappa shape index (κ3) is 3.87. The number of phenolic OH excluding ortho intramolecular Hbond substituents is 1. The summed E-state index contributed by atoms with van der Waals surface area (Å²) in [5.41, 5.74) is 0.503. The van der Waals surface area contributed by atoms with Crippen LogP contribution in [0.2, 0.25) is 0 Å². The number of thioether (sulfide) groups is 1. The smallest absolute Gasteiger partial charge is 0.186 e. The summed E-state index contributed by atoms with van der Waals surface area (Å²) in [5.74, 6) is 6.77. The highest BCUT2D eigenvalue weighted by Gasteiger charge is 1.99. The molecule has 0 saturated carbocycles. The van der Waals surface area contributed by atoms with Crippen LogP contribution in [0.3, 0.4) is 0 Å². The van der Waals surface area contributed by atoms with E-state index in [4.69, 9.17) is 4.74 Å². The summed E-state index contributed by atoms with van der Waals surface area (Å²) in [5, 5.41) is 9.54. The molecule has 0 aliphatic heterocycles. The van der Waals surface area contributed by atoms with E-state index in [2.05, 4.69) is 11.8 Å². The molecule has 1 aromatic rings. The number of rotatable bonds is 2. The third-order valence-corrected chi connectivity index (χ3v) is 2.47. The Morgan fingerprint density at radius 3 is 2.94 bits per heavy atom. The summed E-state index contributed by atoms with van der Waals surface area (Å²) in [6.07, 6.45) is 0. The number of hydrogen-bond donors (Lipinski definition) is 1. The van der Waals surface area contributed by atoms with E-state index in [1.807, 2.05) is 0 Å². The van der Waals surface area contributed by atoms with E-state index in [9.17, 15) is 9.90 Å². The lowest BCUT2D eigenvalue weighted by atomic mass is 10.2. The van der Waals surface area contributed by atoms with Gasteiger partial charge in [-0.1, -0.05) is 23.6 Å². The van der Waals surface area contributed by atoms with Crippen LogP contribution in [0.25, 0.3) is 0 Å². The van der Waals surface area contributed by atoms with Gasteiger partial charge in [0.05, 0.1) is 18.4 Å². The Hall–Kier alpha value is -1.60. The van der Waals surface area contributed by atoms with Crippen molar-refractivity contribution in [3.05, 3.63) is 23.8 Å². The van der Waals surface area contributed by atoms with E-state index >= 15 is 0 Å². The maximum absolute atomic E-state index is 10.6. The monoisotopic (exact) mass is 236 g/mol. The van der Waals surface area contributed by atoms with Gasteiger partial charge in [0.15, 0.2) is 5.12 Å². The highest BCUT2D eigenvalue weighted by molar-refractivity contribution is 8.13. The van der Waals surface area contributed by atoms with Crippen LogP contribution in [-0.4, -0.2) is 23.1 Å². The van der Waals surface area contributed by atoms with Crippen molar-refractivity contribution in [1.29, 1.82) is 0 Å². The molecule has 4 heteroatoms. The number of carbonyl (C=O) groups excluding carboxylic acids is 1. The fourth-order valence-corrected chi connectivity index (χ4v) is 1.36. The number of phenols is 1. The van der Waals surface area contributed by atoms with Gasteiger partial charge in [-0.2, -0.15) is 0 Å². The van der Waals surface area contributed by atoms with Crippen molar-refractivity contribution in [3.8, 4) is 23.3 Å². The normalized spacial score (nSPS) is 9.12. The lowest BCUT2D eigenvalue weighted by Gasteiger charge is -2.01. The van der Waals surface area contributed by atoms with Crippen LogP contribution in [0.1, 0.15) is 12.5 Å². The molecule has 1 rings (SSSR count). The fraction of sp³-hybridized carbons (Fsp3) is 0.250. The minimum atomic E-state index is 0.0316. The van der Waals surface area contributed by atoms with E-state index < -0.39 is 0 Å². The molecule has 0 amide bonds. The molecule has 0 radical (unpaired) electrons. The molecule has 1 aromatic carbocycles. The van der Waals surface area contributed by atoms with Gasteiger partial charge in [0.1, 0.15) is 11.5 Å². The molecule has 0 saturated heterocycles. The molecule has 0 spiro atoms. The molecular formula is C12H12O3S. The summed E-state index contributed by atoms with van der Waals surface area (Å²) >= 11 is 1.14. The van der Waals surface area contributed by atoms with Crippen molar-refractivity contribution in [3.63, 3.8) is 0 Å². The average Bonchev–Trinajstić information content (AvgIpc) is 2.26. The van der Waals surface area contributed by atoms with Crippen molar-refractivity contribution in [2.45, 2.75) is 6.92 Å². The Kier molecular flexibility index (Phi) is 4.74. The first-order valence-corrected chi connectivity index (χ1v) is 5.61. The van der Waals surface area contributed by atoms with Crippen LogP contribution < -0.4 is 4.74 Å². The number of methoxy groups -OCH3 is 1. The summed E-state index contributed by atoms with van der Waals surface area (Å²) < 4.78 is 5.02. The van der Waals surface area contributed by atoms with Crippen LogP contribution in [0.4, 0.5) is 0 Å². The van der Waals surface area contributed by atoms with Crippen LogP contribution in [-0.2, 0) is 4.79 Å². The van der Waals surface area contributed by atoms with Crippen molar-refractivity contribution >= 4 is 16.9 Å². The highest BCUT2D eigenvalue weighted by atomic mass is 32.2. The van der Waals surface area contributed by atoms with Crippen LogP contribution in [0.5, 0.6) is 11.5 Å². The van der Waals surface area contributed by atoms with Gasteiger partial charge in [-0.3, -0.25) is 4.79 Å². The number of hydrogen-bond acceptors (Lipinski definition) is 4. The summed E-state index contributed by atoms with van der Waals surface area (Å²) in [4.78, 5) is 10.6. The summed E-state index contributed by atoms with van der Waals surface area (Å²) in [6.45, 7) is 1.50. The minimum Gasteiger partial charge on any atom is -0.507 e. The second-order valence-electron chi connectivity index (χ2n) is 2.97. The largest absolute Gasteiger partial charge is 0.507 e. The molecule has 0 atom stereocenters. The topological polar surface area (TPSA) is 46.5 Å². The van der Waals surface area contributed by atoms with Crippen LogP contribution in [0, 0.1) is 11.8 Å². The molecule has 0 aliphatic carbocycles. The predicted octanol–water partition coefficient (Wildman–Crippen LogP) is 2.03. The molecule has 84 valence electrons. The molecule has 0 fully saturated rings. The first kappa shape index (κ1) is 12.5. The fourth-order valence-electron chi connectivity index (χ4n) is 1.01. The number of ether oxygens (including phenoxy) is 1. The Morgan fingerprint density at radius 1 is 1.56 bits per heavy atom. The number of benzene rings is 1. The van der Waals surface area contributed by atoms with Gasteiger partial charge >= 0.3 is 0 Å². The number of aromatic hydroxyl groups is 1. The minimum absolute atomic E-state index is 0.0316. The SMILES string of the molecule is COc1ccc(O)c(C#CCSC(C)=O)c1. The molecule has 1 N–H and O–H groups in total. The standard InChI is InChI=1S/C12H12O3S/c1-9(13)16-7-3-4-10-8-11(15-2)5-6-12(10)14/h5-6,8,14H,7H2,1-2H3. The molecule has 3 nitrogen and oxygen atoms in total. The summed E-state index contributed by atoms with van der Waals surface area (Å²) in [6, 6.07) is 4.84. The third-order valence-electron chi connectivity index (χ3n) is 1.77. The predicted molar refractivity (Wildman–Crippen MR) is 64.7 cm³/mol. The molecule has 0 heterocycles. The number of carbonyl (C=O) groups is 1. The van der Waals surface area contributed by atoms with E-state index in [1.54, 1.807) is 19.2 Å². The van der Waals surface area contributed by atoms with Gasteiger partial charge in [0.2, 0.25) is 0 Å². The Labute approximate surface area is 98.8 Å². The van der Waals surface area contributed by atoms with Crippen molar-refractivity contribution in [2.75, 3.05) is 12.9 Å². The van der Waals surface area contributed by atoms with Crippen molar-refractivity contribution in [1.82, 2.24) is 0 Å². The van der Waals surface area contributed by atoms with Crippen molar-refractivity contribution in [2.24, 2.45) is 0 Å². The van der Waals surface area contributed by atoms with Gasteiger partial charge in [-0.15, -0.1) is 0 Å². The van der Waals surface area contributed by atoms with Crippen LogP contribution in [0.15, 0.2) is 18.2 Å². The lowest BCUT2D eigenvalue weighted by molar-refractivity contribution is -0.109.